The molecule has 0 bridgehead atoms. The lowest BCUT2D eigenvalue weighted by molar-refractivity contribution is 0.0728. The van der Waals surface area contributed by atoms with Crippen LogP contribution in [-0.2, 0) is 19.5 Å². The fourth-order valence-electron chi connectivity index (χ4n) is 3.83. The third-order valence-electron chi connectivity index (χ3n) is 5.94. The van der Waals surface area contributed by atoms with Crippen molar-refractivity contribution in [1.29, 1.82) is 0 Å². The molecule has 7 nitrogen and oxygen atoms in total. The van der Waals surface area contributed by atoms with Gasteiger partial charge in [0.15, 0.2) is 11.5 Å². The monoisotopic (exact) mass is 519 g/mol. The molecule has 1 N–H and O–H groups in total. The van der Waals surface area contributed by atoms with Crippen molar-refractivity contribution in [2.24, 2.45) is 0 Å². The number of halogens is 2. The van der Waals surface area contributed by atoms with Crippen molar-refractivity contribution in [1.82, 2.24) is 15.4 Å². The first-order chi connectivity index (χ1) is 18.3. The number of hydrogen-bond donors (Lipinski definition) is 1. The van der Waals surface area contributed by atoms with E-state index in [0.717, 1.165) is 28.8 Å². The molecule has 0 atom stereocenters. The standard InChI is InChI=1S/C29H27F2N3O4/c1-19-3-5-21(6-4-19)17-32-28(35)27-16-26(38-33-27)18-34(12-11-20-7-9-25(37-2)10-8-20)29(36)22-13-23(30)15-24(31)14-22/h3-10,13-16H,11-12,17-18H2,1-2H3,(H,32,35). The van der Waals surface area contributed by atoms with Crippen LogP contribution in [0, 0.1) is 18.6 Å². The number of carbonyl (C=O) groups is 2. The summed E-state index contributed by atoms with van der Waals surface area (Å²) in [5, 5.41) is 6.62. The van der Waals surface area contributed by atoms with Crippen molar-refractivity contribution in [3.8, 4) is 5.75 Å². The van der Waals surface area contributed by atoms with Gasteiger partial charge in [-0.1, -0.05) is 47.1 Å². The van der Waals surface area contributed by atoms with Gasteiger partial charge < -0.3 is 19.5 Å². The van der Waals surface area contributed by atoms with E-state index in [9.17, 15) is 18.4 Å². The van der Waals surface area contributed by atoms with Gasteiger partial charge in [0.25, 0.3) is 11.8 Å². The zero-order chi connectivity index (χ0) is 27.1. The molecule has 0 saturated heterocycles. The summed E-state index contributed by atoms with van der Waals surface area (Å²) in [7, 11) is 1.57. The number of amides is 2. The molecule has 9 heteroatoms. The van der Waals surface area contributed by atoms with E-state index in [1.54, 1.807) is 19.2 Å². The molecule has 0 unspecified atom stereocenters. The number of nitrogens with one attached hydrogen (secondary N) is 1. The Hall–Kier alpha value is -4.53. The second-order valence-corrected chi connectivity index (χ2v) is 8.83. The molecule has 38 heavy (non-hydrogen) atoms. The zero-order valence-corrected chi connectivity index (χ0v) is 21.0. The highest BCUT2D eigenvalue weighted by Gasteiger charge is 2.21. The Morgan fingerprint density at radius 1 is 0.947 bits per heavy atom. The Kier molecular flexibility index (Phi) is 8.47. The third-order valence-corrected chi connectivity index (χ3v) is 5.94. The molecule has 1 aromatic heterocycles. The summed E-state index contributed by atoms with van der Waals surface area (Å²) in [5.41, 5.74) is 2.92. The highest BCUT2D eigenvalue weighted by molar-refractivity contribution is 5.94. The number of aromatic nitrogens is 1. The lowest BCUT2D eigenvalue weighted by Gasteiger charge is -2.22. The van der Waals surface area contributed by atoms with Gasteiger partial charge in [-0.05, 0) is 48.7 Å². The third kappa shape index (κ3) is 7.03. The second-order valence-electron chi connectivity index (χ2n) is 8.83. The van der Waals surface area contributed by atoms with Crippen LogP contribution < -0.4 is 10.1 Å². The van der Waals surface area contributed by atoms with Gasteiger partial charge >= 0.3 is 0 Å². The van der Waals surface area contributed by atoms with E-state index < -0.39 is 23.4 Å². The molecule has 0 aliphatic carbocycles. The quantitative estimate of drug-likeness (QED) is 0.316. The molecule has 3 aromatic carbocycles. The summed E-state index contributed by atoms with van der Waals surface area (Å²) in [5.74, 6) is -1.76. The van der Waals surface area contributed by atoms with Crippen LogP contribution >= 0.6 is 0 Å². The van der Waals surface area contributed by atoms with E-state index in [4.69, 9.17) is 9.26 Å². The van der Waals surface area contributed by atoms with Crippen molar-refractivity contribution >= 4 is 11.8 Å². The topological polar surface area (TPSA) is 84.7 Å². The summed E-state index contributed by atoms with van der Waals surface area (Å²) in [6, 6.07) is 19.2. The predicted octanol–water partition coefficient (Wildman–Crippen LogP) is 5.08. The SMILES string of the molecule is COc1ccc(CCN(Cc2cc(C(=O)NCc3ccc(C)cc3)no2)C(=O)c2cc(F)cc(F)c2)cc1. The smallest absolute Gasteiger partial charge is 0.273 e. The van der Waals surface area contributed by atoms with Crippen LogP contribution in [0.25, 0.3) is 0 Å². The fourth-order valence-corrected chi connectivity index (χ4v) is 3.83. The van der Waals surface area contributed by atoms with Crippen LogP contribution in [-0.4, -0.2) is 35.5 Å². The number of ether oxygens (including phenoxy) is 1. The van der Waals surface area contributed by atoms with Gasteiger partial charge in [-0.2, -0.15) is 0 Å². The van der Waals surface area contributed by atoms with Crippen LogP contribution in [0.2, 0.25) is 0 Å². The van der Waals surface area contributed by atoms with Crippen LogP contribution in [0.5, 0.6) is 5.75 Å². The van der Waals surface area contributed by atoms with Gasteiger partial charge in [0.1, 0.15) is 17.4 Å². The summed E-state index contributed by atoms with van der Waals surface area (Å²) < 4.78 is 38.1. The van der Waals surface area contributed by atoms with Crippen molar-refractivity contribution in [3.63, 3.8) is 0 Å². The Balaban J connectivity index is 1.47. The lowest BCUT2D eigenvalue weighted by atomic mass is 10.1. The number of carbonyl (C=O) groups excluding carboxylic acids is 2. The van der Waals surface area contributed by atoms with Gasteiger partial charge in [-0.25, -0.2) is 8.78 Å². The van der Waals surface area contributed by atoms with Crippen LogP contribution in [0.15, 0.2) is 77.3 Å². The molecular weight excluding hydrogens is 492 g/mol. The van der Waals surface area contributed by atoms with Gasteiger partial charge in [-0.15, -0.1) is 0 Å². The lowest BCUT2D eigenvalue weighted by Crippen LogP contribution is -2.32. The Morgan fingerprint density at radius 2 is 1.61 bits per heavy atom. The summed E-state index contributed by atoms with van der Waals surface area (Å²) >= 11 is 0. The molecule has 4 rings (SSSR count). The van der Waals surface area contributed by atoms with Crippen LogP contribution in [0.3, 0.4) is 0 Å². The minimum absolute atomic E-state index is 0.0502. The van der Waals surface area contributed by atoms with E-state index in [1.165, 1.54) is 11.0 Å². The van der Waals surface area contributed by atoms with Gasteiger partial charge in [0.05, 0.1) is 13.7 Å². The molecule has 0 aliphatic heterocycles. The summed E-state index contributed by atoms with van der Waals surface area (Å²) in [4.78, 5) is 27.2. The maximum absolute atomic E-state index is 13.8. The van der Waals surface area contributed by atoms with E-state index in [0.29, 0.717) is 24.8 Å². The molecule has 0 spiro atoms. The van der Waals surface area contributed by atoms with E-state index >= 15 is 0 Å². The van der Waals surface area contributed by atoms with E-state index in [2.05, 4.69) is 10.5 Å². The van der Waals surface area contributed by atoms with Gasteiger partial charge in [-0.3, -0.25) is 9.59 Å². The van der Waals surface area contributed by atoms with Crippen molar-refractivity contribution in [2.75, 3.05) is 13.7 Å². The van der Waals surface area contributed by atoms with Gasteiger partial charge in [0.2, 0.25) is 0 Å². The Morgan fingerprint density at radius 3 is 2.26 bits per heavy atom. The summed E-state index contributed by atoms with van der Waals surface area (Å²) in [6.07, 6.45) is 0.464. The molecule has 0 fully saturated rings. The van der Waals surface area contributed by atoms with E-state index in [-0.39, 0.29) is 30.1 Å². The normalized spacial score (nSPS) is 10.7. The van der Waals surface area contributed by atoms with Crippen LogP contribution in [0.1, 0.15) is 43.3 Å². The number of methoxy groups -OCH3 is 1. The predicted molar refractivity (Wildman–Crippen MR) is 137 cm³/mol. The highest BCUT2D eigenvalue weighted by atomic mass is 19.1. The first kappa shape index (κ1) is 26.5. The number of hydrogen-bond acceptors (Lipinski definition) is 5. The highest BCUT2D eigenvalue weighted by Crippen LogP contribution is 2.17. The molecule has 0 saturated carbocycles. The zero-order valence-electron chi connectivity index (χ0n) is 21.0. The molecule has 0 aliphatic rings. The van der Waals surface area contributed by atoms with E-state index in [1.807, 2.05) is 43.3 Å². The van der Waals surface area contributed by atoms with Crippen molar-refractivity contribution < 1.29 is 27.6 Å². The number of nitrogens with zero attached hydrogens (tertiary/aromatic N) is 2. The van der Waals surface area contributed by atoms with Crippen LogP contribution in [0.4, 0.5) is 8.78 Å². The minimum Gasteiger partial charge on any atom is -0.497 e. The largest absolute Gasteiger partial charge is 0.497 e. The fraction of sp³-hybridized carbons (Fsp3) is 0.207. The number of benzene rings is 3. The molecule has 0 radical (unpaired) electrons. The Bertz CT molecular complexity index is 1380. The second kappa shape index (κ2) is 12.1. The Labute approximate surface area is 219 Å². The molecule has 2 amide bonds. The number of rotatable bonds is 10. The average molecular weight is 520 g/mol. The maximum Gasteiger partial charge on any atom is 0.273 e. The molecule has 1 heterocycles. The molecular formula is C29H27F2N3O4. The minimum atomic E-state index is -0.851. The van der Waals surface area contributed by atoms with Crippen molar-refractivity contribution in [3.05, 3.63) is 118 Å². The summed E-state index contributed by atoms with van der Waals surface area (Å²) in [6.45, 7) is 2.47. The molecule has 4 aromatic rings. The molecule has 196 valence electrons. The average Bonchev–Trinajstić information content (AvgIpc) is 3.38. The first-order valence-electron chi connectivity index (χ1n) is 12.0. The first-order valence-corrected chi connectivity index (χ1v) is 12.0. The maximum atomic E-state index is 13.8. The number of aryl methyl sites for hydroxylation is 1. The van der Waals surface area contributed by atoms with Gasteiger partial charge in [0, 0.05) is 30.8 Å². The van der Waals surface area contributed by atoms with Crippen molar-refractivity contribution in [2.45, 2.75) is 26.4 Å².